The number of nitrogens with zero attached hydrogens (tertiary/aromatic N) is 2. The summed E-state index contributed by atoms with van der Waals surface area (Å²) in [6.45, 7) is 8.67. The molecule has 0 radical (unpaired) electrons. The summed E-state index contributed by atoms with van der Waals surface area (Å²) in [7, 11) is 0. The number of aryl methyl sites for hydroxylation is 1. The van der Waals surface area contributed by atoms with Gasteiger partial charge in [-0.2, -0.15) is 0 Å². The molecular weight excluding hydrogens is 346 g/mol. The number of carbonyl (C=O) groups is 1. The van der Waals surface area contributed by atoms with Crippen molar-refractivity contribution >= 4 is 17.7 Å². The van der Waals surface area contributed by atoms with Crippen molar-refractivity contribution in [1.29, 1.82) is 0 Å². The number of aromatic nitrogens is 2. The molecule has 6 heteroatoms. The van der Waals surface area contributed by atoms with Gasteiger partial charge in [-0.05, 0) is 12.5 Å². The highest BCUT2D eigenvalue weighted by Gasteiger charge is 2.29. The average Bonchev–Trinajstić information content (AvgIpc) is 2.97. The highest BCUT2D eigenvalue weighted by molar-refractivity contribution is 7.99. The monoisotopic (exact) mass is 371 g/mol. The molecule has 1 aromatic heterocycles. The Bertz CT molecular complexity index is 866. The molecule has 1 amide bonds. The fourth-order valence-corrected chi connectivity index (χ4v) is 4.03. The van der Waals surface area contributed by atoms with Gasteiger partial charge in [0.05, 0.1) is 11.7 Å². The molecule has 0 aliphatic carbocycles. The van der Waals surface area contributed by atoms with Gasteiger partial charge in [0.25, 0.3) is 5.56 Å². The standard InChI is InChI=1S/C20H25N3O2S/c1-13-5-7-14(8-6-13)11-21-17(24)9-15-12-26-19-22-16(20(2,3)4)10-18(25)23(15)19/h5-8,10,15H,9,11-12H2,1-4H3,(H,21,24). The highest BCUT2D eigenvalue weighted by atomic mass is 32.2. The van der Waals surface area contributed by atoms with E-state index < -0.39 is 0 Å². The predicted molar refractivity (Wildman–Crippen MR) is 105 cm³/mol. The largest absolute Gasteiger partial charge is 0.352 e. The molecular formula is C20H25N3O2S. The first-order valence-electron chi connectivity index (χ1n) is 8.83. The fraction of sp³-hybridized carbons (Fsp3) is 0.450. The maximum atomic E-state index is 12.6. The number of nitrogens with one attached hydrogen (secondary N) is 1. The topological polar surface area (TPSA) is 64.0 Å². The second-order valence-corrected chi connectivity index (χ2v) is 8.80. The van der Waals surface area contributed by atoms with Crippen molar-refractivity contribution in [2.24, 2.45) is 0 Å². The molecule has 0 spiro atoms. The molecule has 1 aliphatic heterocycles. The van der Waals surface area contributed by atoms with E-state index in [0.29, 0.717) is 18.7 Å². The van der Waals surface area contributed by atoms with Crippen LogP contribution < -0.4 is 10.9 Å². The molecule has 138 valence electrons. The van der Waals surface area contributed by atoms with Crippen LogP contribution in [0.4, 0.5) is 0 Å². The second-order valence-electron chi connectivity index (χ2n) is 7.81. The van der Waals surface area contributed by atoms with E-state index in [1.165, 1.54) is 5.56 Å². The van der Waals surface area contributed by atoms with Gasteiger partial charge in [-0.1, -0.05) is 62.4 Å². The van der Waals surface area contributed by atoms with Crippen LogP contribution in [0.25, 0.3) is 0 Å². The van der Waals surface area contributed by atoms with E-state index in [9.17, 15) is 9.59 Å². The third kappa shape index (κ3) is 4.18. The van der Waals surface area contributed by atoms with Gasteiger partial charge in [0.15, 0.2) is 5.16 Å². The van der Waals surface area contributed by atoms with E-state index in [2.05, 4.69) is 10.3 Å². The van der Waals surface area contributed by atoms with Crippen molar-refractivity contribution in [1.82, 2.24) is 14.9 Å². The Hall–Kier alpha value is -2.08. The zero-order chi connectivity index (χ0) is 18.9. The van der Waals surface area contributed by atoms with E-state index >= 15 is 0 Å². The van der Waals surface area contributed by atoms with Crippen molar-refractivity contribution < 1.29 is 4.79 Å². The number of fused-ring (bicyclic) bond motifs is 1. The lowest BCUT2D eigenvalue weighted by molar-refractivity contribution is -0.121. The number of benzene rings is 1. The number of hydrogen-bond acceptors (Lipinski definition) is 4. The van der Waals surface area contributed by atoms with Gasteiger partial charge in [0.2, 0.25) is 5.91 Å². The van der Waals surface area contributed by atoms with Crippen molar-refractivity contribution in [3.8, 4) is 0 Å². The van der Waals surface area contributed by atoms with Crippen LogP contribution in [0.1, 0.15) is 50.1 Å². The summed E-state index contributed by atoms with van der Waals surface area (Å²) in [4.78, 5) is 29.5. The van der Waals surface area contributed by atoms with E-state index in [-0.39, 0.29) is 22.9 Å². The van der Waals surface area contributed by atoms with Crippen LogP contribution >= 0.6 is 11.8 Å². The maximum absolute atomic E-state index is 12.6. The van der Waals surface area contributed by atoms with Crippen LogP contribution in [-0.2, 0) is 16.8 Å². The zero-order valence-corrected chi connectivity index (χ0v) is 16.5. The molecule has 26 heavy (non-hydrogen) atoms. The van der Waals surface area contributed by atoms with Crippen LogP contribution in [-0.4, -0.2) is 21.2 Å². The first kappa shape index (κ1) is 18.7. The normalized spacial score (nSPS) is 16.4. The Kier molecular flexibility index (Phi) is 5.23. The Labute approximate surface area is 158 Å². The molecule has 0 saturated heterocycles. The first-order valence-corrected chi connectivity index (χ1v) is 9.82. The maximum Gasteiger partial charge on any atom is 0.254 e. The van der Waals surface area contributed by atoms with Crippen LogP contribution in [0.5, 0.6) is 0 Å². The molecule has 0 fully saturated rings. The molecule has 2 heterocycles. The summed E-state index contributed by atoms with van der Waals surface area (Å²) in [6, 6.07) is 9.55. The van der Waals surface area contributed by atoms with E-state index in [4.69, 9.17) is 0 Å². The zero-order valence-electron chi connectivity index (χ0n) is 15.7. The summed E-state index contributed by atoms with van der Waals surface area (Å²) >= 11 is 1.55. The summed E-state index contributed by atoms with van der Waals surface area (Å²) < 4.78 is 1.67. The summed E-state index contributed by atoms with van der Waals surface area (Å²) in [5.74, 6) is 0.657. The molecule has 1 aliphatic rings. The molecule has 0 saturated carbocycles. The minimum atomic E-state index is -0.168. The van der Waals surface area contributed by atoms with Gasteiger partial charge in [-0.15, -0.1) is 0 Å². The van der Waals surface area contributed by atoms with Crippen molar-refractivity contribution in [3.05, 3.63) is 57.5 Å². The van der Waals surface area contributed by atoms with Gasteiger partial charge in [0, 0.05) is 30.2 Å². The summed E-state index contributed by atoms with van der Waals surface area (Å²) in [6.07, 6.45) is 0.294. The van der Waals surface area contributed by atoms with Gasteiger partial charge in [-0.3, -0.25) is 14.2 Å². The molecule has 0 bridgehead atoms. The van der Waals surface area contributed by atoms with Crippen LogP contribution in [0.3, 0.4) is 0 Å². The Morgan fingerprint density at radius 2 is 2.00 bits per heavy atom. The minimum Gasteiger partial charge on any atom is -0.352 e. The number of thioether (sulfide) groups is 1. The van der Waals surface area contributed by atoms with E-state index in [0.717, 1.165) is 16.4 Å². The first-order chi connectivity index (χ1) is 12.2. The predicted octanol–water partition coefficient (Wildman–Crippen LogP) is 3.20. The molecule has 1 unspecified atom stereocenters. The molecule has 1 N–H and O–H groups in total. The van der Waals surface area contributed by atoms with Gasteiger partial charge < -0.3 is 5.32 Å². The lowest BCUT2D eigenvalue weighted by Crippen LogP contribution is -2.31. The Balaban J connectivity index is 1.67. The SMILES string of the molecule is Cc1ccc(CNC(=O)CC2CSc3nc(C(C)(C)C)cc(=O)n32)cc1. The van der Waals surface area contributed by atoms with Crippen molar-refractivity contribution in [3.63, 3.8) is 0 Å². The number of rotatable bonds is 4. The molecule has 3 rings (SSSR count). The van der Waals surface area contributed by atoms with Crippen LogP contribution in [0.2, 0.25) is 0 Å². The highest BCUT2D eigenvalue weighted by Crippen LogP contribution is 2.33. The smallest absolute Gasteiger partial charge is 0.254 e. The molecule has 5 nitrogen and oxygen atoms in total. The lowest BCUT2D eigenvalue weighted by atomic mass is 9.92. The number of hydrogen-bond donors (Lipinski definition) is 1. The van der Waals surface area contributed by atoms with Crippen molar-refractivity contribution in [2.45, 2.75) is 57.3 Å². The minimum absolute atomic E-state index is 0.0455. The van der Waals surface area contributed by atoms with Crippen molar-refractivity contribution in [2.75, 3.05) is 5.75 Å². The van der Waals surface area contributed by atoms with Gasteiger partial charge >= 0.3 is 0 Å². The Morgan fingerprint density at radius 3 is 2.65 bits per heavy atom. The van der Waals surface area contributed by atoms with Gasteiger partial charge in [0.1, 0.15) is 0 Å². The summed E-state index contributed by atoms with van der Waals surface area (Å²) in [5.41, 5.74) is 2.82. The number of amides is 1. The van der Waals surface area contributed by atoms with E-state index in [1.807, 2.05) is 52.0 Å². The fourth-order valence-electron chi connectivity index (χ4n) is 2.88. The summed E-state index contributed by atoms with van der Waals surface area (Å²) in [5, 5.41) is 3.67. The van der Waals surface area contributed by atoms with Gasteiger partial charge in [-0.25, -0.2) is 4.98 Å². The van der Waals surface area contributed by atoms with Crippen LogP contribution in [0, 0.1) is 6.92 Å². The Morgan fingerprint density at radius 1 is 1.31 bits per heavy atom. The lowest BCUT2D eigenvalue weighted by Gasteiger charge is -2.19. The quantitative estimate of drug-likeness (QED) is 0.839. The van der Waals surface area contributed by atoms with Crippen LogP contribution in [0.15, 0.2) is 40.3 Å². The second kappa shape index (κ2) is 7.27. The average molecular weight is 372 g/mol. The van der Waals surface area contributed by atoms with E-state index in [1.54, 1.807) is 22.4 Å². The number of carbonyl (C=O) groups excluding carboxylic acids is 1. The third-order valence-corrected chi connectivity index (χ3v) is 5.59. The molecule has 1 atom stereocenters. The molecule has 2 aromatic rings. The molecule has 1 aromatic carbocycles. The third-order valence-electron chi connectivity index (χ3n) is 4.49.